The summed E-state index contributed by atoms with van der Waals surface area (Å²) in [5.74, 6) is 1.93. The second-order valence-corrected chi connectivity index (χ2v) is 11.1. The number of piperidine rings is 1. The first-order valence-electron chi connectivity index (χ1n) is 10.2. The topological polar surface area (TPSA) is 32.3 Å². The second kappa shape index (κ2) is 6.57. The Balaban J connectivity index is 1.27. The second-order valence-electron chi connectivity index (χ2n) is 9.38. The van der Waals surface area contributed by atoms with Gasteiger partial charge in [0, 0.05) is 23.5 Å². The fourth-order valence-electron chi connectivity index (χ4n) is 6.58. The number of hydrogen-bond donors (Lipinski definition) is 1. The molecular formula is C20H33BrN2O. The summed E-state index contributed by atoms with van der Waals surface area (Å²) >= 11 is 4.01. The van der Waals surface area contributed by atoms with Gasteiger partial charge in [-0.05, 0) is 83.1 Å². The van der Waals surface area contributed by atoms with Crippen LogP contribution < -0.4 is 5.32 Å². The van der Waals surface area contributed by atoms with Gasteiger partial charge in [-0.25, -0.2) is 0 Å². The smallest absolute Gasteiger partial charge is 0.226 e. The molecule has 1 amide bonds. The molecular weight excluding hydrogens is 364 g/mol. The number of alkyl halides is 1. The molecule has 3 atom stereocenters. The lowest BCUT2D eigenvalue weighted by Gasteiger charge is -2.59. The predicted octanol–water partition coefficient (Wildman–Crippen LogP) is 4.10. The van der Waals surface area contributed by atoms with E-state index in [1.165, 1.54) is 45.1 Å². The van der Waals surface area contributed by atoms with Crippen LogP contribution in [-0.4, -0.2) is 40.8 Å². The highest BCUT2D eigenvalue weighted by atomic mass is 79.9. The van der Waals surface area contributed by atoms with Gasteiger partial charge >= 0.3 is 0 Å². The third-order valence-electron chi connectivity index (χ3n) is 7.32. The van der Waals surface area contributed by atoms with Crippen molar-refractivity contribution in [3.63, 3.8) is 0 Å². The van der Waals surface area contributed by atoms with E-state index >= 15 is 0 Å². The molecule has 4 bridgehead atoms. The lowest BCUT2D eigenvalue weighted by Crippen LogP contribution is -2.58. The van der Waals surface area contributed by atoms with Crippen LogP contribution in [0.4, 0.5) is 0 Å². The van der Waals surface area contributed by atoms with Crippen LogP contribution in [-0.2, 0) is 4.79 Å². The quantitative estimate of drug-likeness (QED) is 0.560. The Kier molecular flexibility index (Phi) is 4.75. The van der Waals surface area contributed by atoms with Crippen LogP contribution in [0.1, 0.15) is 71.1 Å². The monoisotopic (exact) mass is 396 g/mol. The summed E-state index contributed by atoms with van der Waals surface area (Å²) in [7, 11) is 0. The molecule has 4 heteroatoms. The zero-order chi connectivity index (χ0) is 16.8. The lowest BCUT2D eigenvalue weighted by molar-refractivity contribution is -0.144. The number of nitrogens with one attached hydrogen (secondary N) is 1. The van der Waals surface area contributed by atoms with Gasteiger partial charge in [-0.15, -0.1) is 0 Å². The van der Waals surface area contributed by atoms with Crippen molar-refractivity contribution in [2.24, 2.45) is 17.3 Å². The van der Waals surface area contributed by atoms with E-state index in [1.807, 2.05) is 0 Å². The molecule has 1 heterocycles. The van der Waals surface area contributed by atoms with E-state index in [4.69, 9.17) is 0 Å². The number of carbonyl (C=O) groups is 1. The first kappa shape index (κ1) is 17.3. The van der Waals surface area contributed by atoms with Gasteiger partial charge in [0.1, 0.15) is 0 Å². The third-order valence-corrected chi connectivity index (χ3v) is 8.25. The maximum Gasteiger partial charge on any atom is 0.226 e. The van der Waals surface area contributed by atoms with E-state index in [-0.39, 0.29) is 9.74 Å². The van der Waals surface area contributed by atoms with E-state index in [2.05, 4.69) is 33.1 Å². The van der Waals surface area contributed by atoms with Crippen molar-refractivity contribution < 1.29 is 4.79 Å². The number of amides is 1. The van der Waals surface area contributed by atoms with Gasteiger partial charge in [0.25, 0.3) is 0 Å². The van der Waals surface area contributed by atoms with Crippen molar-refractivity contribution in [3.05, 3.63) is 0 Å². The number of halogens is 1. The molecule has 136 valence electrons. The van der Waals surface area contributed by atoms with E-state index in [0.29, 0.717) is 5.91 Å². The van der Waals surface area contributed by atoms with Crippen molar-refractivity contribution in [1.82, 2.24) is 10.2 Å². The van der Waals surface area contributed by atoms with Gasteiger partial charge in [-0.1, -0.05) is 22.4 Å². The van der Waals surface area contributed by atoms with E-state index in [9.17, 15) is 4.79 Å². The summed E-state index contributed by atoms with van der Waals surface area (Å²) in [6, 6.07) is 0.728. The molecule has 5 rings (SSSR count). The van der Waals surface area contributed by atoms with Crippen LogP contribution >= 0.6 is 15.9 Å². The Labute approximate surface area is 155 Å². The molecule has 0 aromatic carbocycles. The Hall–Kier alpha value is -0.0900. The van der Waals surface area contributed by atoms with Crippen molar-refractivity contribution in [2.75, 3.05) is 19.6 Å². The van der Waals surface area contributed by atoms with Crippen molar-refractivity contribution >= 4 is 21.8 Å². The van der Waals surface area contributed by atoms with Crippen molar-refractivity contribution in [1.29, 1.82) is 0 Å². The molecule has 1 saturated heterocycles. The molecule has 0 aromatic heterocycles. The number of rotatable bonds is 5. The van der Waals surface area contributed by atoms with Crippen LogP contribution in [0, 0.1) is 17.3 Å². The first-order chi connectivity index (χ1) is 11.5. The third kappa shape index (κ3) is 3.30. The molecule has 0 radical (unpaired) electrons. The minimum absolute atomic E-state index is 0.0496. The van der Waals surface area contributed by atoms with Crippen LogP contribution in [0.2, 0.25) is 0 Å². The average molecular weight is 397 g/mol. The summed E-state index contributed by atoms with van der Waals surface area (Å²) in [4.78, 5) is 15.6. The minimum Gasteiger partial charge on any atom is -0.356 e. The van der Waals surface area contributed by atoms with E-state index < -0.39 is 0 Å². The number of nitrogens with zero attached hydrogens (tertiary/aromatic N) is 1. The average Bonchev–Trinajstić information content (AvgIpc) is 2.50. The molecule has 4 aliphatic carbocycles. The summed E-state index contributed by atoms with van der Waals surface area (Å²) in [6.07, 6.45) is 12.5. The Morgan fingerprint density at radius 3 is 2.62 bits per heavy atom. The maximum absolute atomic E-state index is 13.0. The van der Waals surface area contributed by atoms with E-state index in [1.54, 1.807) is 0 Å². The molecule has 3 unspecified atom stereocenters. The zero-order valence-corrected chi connectivity index (χ0v) is 16.7. The number of likely N-dealkylation sites (tertiary alicyclic amines) is 1. The summed E-state index contributed by atoms with van der Waals surface area (Å²) in [6.45, 7) is 5.59. The SMILES string of the molecule is CC1CCCCN1CCCNC(=O)C12CC3CC(CC(Br)(C3)C1)C2. The molecule has 24 heavy (non-hydrogen) atoms. The molecule has 1 aliphatic heterocycles. The molecule has 5 fully saturated rings. The highest BCUT2D eigenvalue weighted by Gasteiger charge is 2.59. The molecule has 1 N–H and O–H groups in total. The number of hydrogen-bond acceptors (Lipinski definition) is 2. The summed E-state index contributed by atoms with van der Waals surface area (Å²) in [5.41, 5.74) is -0.0496. The van der Waals surface area contributed by atoms with Gasteiger partial charge in [0.15, 0.2) is 0 Å². The predicted molar refractivity (Wildman–Crippen MR) is 101 cm³/mol. The molecule has 5 aliphatic rings. The van der Waals surface area contributed by atoms with Gasteiger partial charge in [-0.3, -0.25) is 4.79 Å². The lowest BCUT2D eigenvalue weighted by atomic mass is 9.49. The zero-order valence-electron chi connectivity index (χ0n) is 15.2. The normalized spacial score (nSPS) is 44.7. The van der Waals surface area contributed by atoms with Gasteiger partial charge < -0.3 is 10.2 Å². The fraction of sp³-hybridized carbons (Fsp3) is 0.950. The Morgan fingerprint density at radius 2 is 1.96 bits per heavy atom. The van der Waals surface area contributed by atoms with E-state index in [0.717, 1.165) is 56.7 Å². The summed E-state index contributed by atoms with van der Waals surface area (Å²) in [5, 5.41) is 3.32. The molecule has 0 aromatic rings. The van der Waals surface area contributed by atoms with Crippen LogP contribution in [0.25, 0.3) is 0 Å². The minimum atomic E-state index is -0.0496. The Morgan fingerprint density at radius 1 is 1.21 bits per heavy atom. The molecule has 0 spiro atoms. The van der Waals surface area contributed by atoms with Crippen LogP contribution in [0.15, 0.2) is 0 Å². The van der Waals surface area contributed by atoms with Gasteiger partial charge in [0.2, 0.25) is 5.91 Å². The maximum atomic E-state index is 13.0. The first-order valence-corrected chi connectivity index (χ1v) is 11.0. The van der Waals surface area contributed by atoms with Crippen molar-refractivity contribution in [2.45, 2.75) is 81.5 Å². The highest BCUT2D eigenvalue weighted by Crippen LogP contribution is 2.64. The number of carbonyl (C=O) groups excluding carboxylic acids is 1. The summed E-state index contributed by atoms with van der Waals surface area (Å²) < 4.78 is 0.275. The Bertz CT molecular complexity index is 480. The van der Waals surface area contributed by atoms with Crippen LogP contribution in [0.3, 0.4) is 0 Å². The molecule has 4 saturated carbocycles. The standard InChI is InChI=1S/C20H33BrN2O/c1-15-5-2-3-7-23(15)8-4-6-22-18(24)19-10-16-9-17(11-19)13-20(21,12-16)14-19/h15-17H,2-14H2,1H3,(H,22,24). The fourth-order valence-corrected chi connectivity index (χ4v) is 8.03. The largest absolute Gasteiger partial charge is 0.356 e. The van der Waals surface area contributed by atoms with Crippen LogP contribution in [0.5, 0.6) is 0 Å². The van der Waals surface area contributed by atoms with Gasteiger partial charge in [-0.2, -0.15) is 0 Å². The van der Waals surface area contributed by atoms with Gasteiger partial charge in [0.05, 0.1) is 5.41 Å². The van der Waals surface area contributed by atoms with Crippen molar-refractivity contribution in [3.8, 4) is 0 Å². The molecule has 3 nitrogen and oxygen atoms in total. The highest BCUT2D eigenvalue weighted by molar-refractivity contribution is 9.10.